The second-order valence-corrected chi connectivity index (χ2v) is 8.27. The summed E-state index contributed by atoms with van der Waals surface area (Å²) in [6, 6.07) is 0.153. The Bertz CT molecular complexity index is 891. The zero-order chi connectivity index (χ0) is 18.7. The fourth-order valence-corrected chi connectivity index (χ4v) is 3.78. The minimum Gasteiger partial charge on any atom is -0.350 e. The van der Waals surface area contributed by atoms with Crippen molar-refractivity contribution in [3.05, 3.63) is 36.4 Å². The van der Waals surface area contributed by atoms with Gasteiger partial charge in [0.25, 0.3) is 0 Å². The third-order valence-electron chi connectivity index (χ3n) is 4.39. The molecule has 1 aliphatic heterocycles. The minimum absolute atomic E-state index is 0.153. The molecule has 0 atom stereocenters. The second-order valence-electron chi connectivity index (χ2n) is 6.29. The summed E-state index contributed by atoms with van der Waals surface area (Å²) >= 11 is 0. The molecule has 2 N–H and O–H groups in total. The highest BCUT2D eigenvalue weighted by Crippen LogP contribution is 2.19. The number of piperidine rings is 1. The number of allylic oxidation sites excluding steroid dienone is 2. The van der Waals surface area contributed by atoms with Gasteiger partial charge in [0.1, 0.15) is 0 Å². The van der Waals surface area contributed by atoms with E-state index in [1.54, 1.807) is 23.2 Å². The van der Waals surface area contributed by atoms with Crippen LogP contribution in [0.25, 0.3) is 11.6 Å². The highest BCUT2D eigenvalue weighted by Gasteiger charge is 2.25. The van der Waals surface area contributed by atoms with Gasteiger partial charge in [-0.3, -0.25) is 5.10 Å². The van der Waals surface area contributed by atoms with Crippen molar-refractivity contribution in [2.24, 2.45) is 7.05 Å². The Hall–Kier alpha value is -2.46. The van der Waals surface area contributed by atoms with Gasteiger partial charge in [0.2, 0.25) is 16.0 Å². The number of aromatic nitrogens is 5. The number of aromatic amines is 1. The van der Waals surface area contributed by atoms with Crippen molar-refractivity contribution in [2.45, 2.75) is 18.9 Å². The highest BCUT2D eigenvalue weighted by molar-refractivity contribution is 7.88. The molecule has 3 rings (SSSR count). The summed E-state index contributed by atoms with van der Waals surface area (Å²) in [5.41, 5.74) is 1.81. The Labute approximate surface area is 152 Å². The Morgan fingerprint density at radius 3 is 2.73 bits per heavy atom. The van der Waals surface area contributed by atoms with Crippen LogP contribution in [-0.2, 0) is 17.1 Å². The van der Waals surface area contributed by atoms with E-state index in [4.69, 9.17) is 0 Å². The lowest BCUT2D eigenvalue weighted by molar-refractivity contribution is 0.331. The van der Waals surface area contributed by atoms with Crippen molar-refractivity contribution < 1.29 is 8.42 Å². The Morgan fingerprint density at radius 2 is 2.15 bits per heavy atom. The largest absolute Gasteiger partial charge is 0.350 e. The highest BCUT2D eigenvalue weighted by atomic mass is 32.2. The average Bonchev–Trinajstić information content (AvgIpc) is 3.22. The van der Waals surface area contributed by atoms with Gasteiger partial charge in [0.05, 0.1) is 12.5 Å². The van der Waals surface area contributed by atoms with E-state index in [2.05, 4.69) is 32.2 Å². The van der Waals surface area contributed by atoms with E-state index in [-0.39, 0.29) is 6.04 Å². The average molecular weight is 377 g/mol. The first-order valence-corrected chi connectivity index (χ1v) is 10.2. The van der Waals surface area contributed by atoms with E-state index < -0.39 is 10.0 Å². The molecule has 0 aliphatic carbocycles. The number of aryl methyl sites for hydroxylation is 1. The summed E-state index contributed by atoms with van der Waals surface area (Å²) in [4.78, 5) is 4.52. The molecule has 2 aromatic heterocycles. The lowest BCUT2D eigenvalue weighted by Crippen LogP contribution is -2.41. The Morgan fingerprint density at radius 1 is 1.42 bits per heavy atom. The second kappa shape index (κ2) is 7.42. The first-order valence-electron chi connectivity index (χ1n) is 8.33. The minimum atomic E-state index is -3.12. The van der Waals surface area contributed by atoms with Crippen molar-refractivity contribution in [3.8, 4) is 0 Å². The van der Waals surface area contributed by atoms with Crippen LogP contribution in [0.15, 0.2) is 25.0 Å². The predicted octanol–water partition coefficient (Wildman–Crippen LogP) is 1.10. The van der Waals surface area contributed by atoms with E-state index in [1.807, 2.05) is 13.1 Å². The predicted molar refractivity (Wildman–Crippen MR) is 101 cm³/mol. The lowest BCUT2D eigenvalue weighted by Gasteiger charge is -2.30. The van der Waals surface area contributed by atoms with Crippen molar-refractivity contribution in [1.82, 2.24) is 29.3 Å². The van der Waals surface area contributed by atoms with Gasteiger partial charge in [-0.05, 0) is 24.5 Å². The Kier molecular flexibility index (Phi) is 5.23. The molecule has 0 unspecified atom stereocenters. The van der Waals surface area contributed by atoms with E-state index in [0.717, 1.165) is 24.0 Å². The normalized spacial score (nSPS) is 17.4. The quantitative estimate of drug-likeness (QED) is 0.730. The molecule has 1 aliphatic rings. The molecule has 0 bridgehead atoms. The van der Waals surface area contributed by atoms with Crippen LogP contribution < -0.4 is 5.32 Å². The van der Waals surface area contributed by atoms with Crippen LogP contribution >= 0.6 is 0 Å². The molecule has 10 heteroatoms. The Balaban J connectivity index is 1.68. The summed E-state index contributed by atoms with van der Waals surface area (Å²) in [6.45, 7) is 4.86. The zero-order valence-electron chi connectivity index (χ0n) is 14.9. The number of hydrogen-bond donors (Lipinski definition) is 2. The van der Waals surface area contributed by atoms with E-state index in [0.29, 0.717) is 24.9 Å². The molecule has 0 saturated carbocycles. The topological polar surface area (TPSA) is 109 Å². The number of nitrogens with zero attached hydrogens (tertiary/aromatic N) is 5. The molecule has 1 saturated heterocycles. The van der Waals surface area contributed by atoms with Crippen LogP contribution in [0.4, 0.5) is 5.95 Å². The molecule has 0 aromatic carbocycles. The molecule has 140 valence electrons. The summed E-state index contributed by atoms with van der Waals surface area (Å²) in [5, 5.41) is 14.4. The van der Waals surface area contributed by atoms with Gasteiger partial charge in [-0.2, -0.15) is 10.1 Å². The van der Waals surface area contributed by atoms with Crippen molar-refractivity contribution in [1.29, 1.82) is 0 Å². The van der Waals surface area contributed by atoms with E-state index in [9.17, 15) is 8.42 Å². The standard InChI is InChI=1S/C16H23N7O2S/c1-4-12(13-10-17-18-11-13)9-15-20-16(21-22(15)2)19-14-5-7-23(8-6-14)26(3,24)25/h4,9-11,14H,1,5-8H2,2-3H3,(H,17,18)(H,19,21)/b12-9+. The summed E-state index contributed by atoms with van der Waals surface area (Å²) in [6.07, 6.45) is 9.84. The first kappa shape index (κ1) is 18.3. The maximum absolute atomic E-state index is 11.6. The van der Waals surface area contributed by atoms with Crippen LogP contribution in [0.5, 0.6) is 0 Å². The number of hydrogen-bond acceptors (Lipinski definition) is 6. The van der Waals surface area contributed by atoms with E-state index >= 15 is 0 Å². The van der Waals surface area contributed by atoms with Gasteiger partial charge in [-0.25, -0.2) is 17.4 Å². The third kappa shape index (κ3) is 4.20. The van der Waals surface area contributed by atoms with Gasteiger partial charge >= 0.3 is 0 Å². The van der Waals surface area contributed by atoms with Gasteiger partial charge in [0, 0.05) is 37.9 Å². The molecule has 3 heterocycles. The molecular formula is C16H23N7O2S. The fourth-order valence-electron chi connectivity index (χ4n) is 2.91. The zero-order valence-corrected chi connectivity index (χ0v) is 15.7. The fraction of sp³-hybridized carbons (Fsp3) is 0.438. The molecule has 2 aromatic rings. The number of H-pyrrole nitrogens is 1. The van der Waals surface area contributed by atoms with E-state index in [1.165, 1.54) is 10.6 Å². The summed E-state index contributed by atoms with van der Waals surface area (Å²) in [7, 11) is -1.29. The number of sulfonamides is 1. The lowest BCUT2D eigenvalue weighted by atomic mass is 10.1. The molecule has 1 fully saturated rings. The van der Waals surface area contributed by atoms with Crippen LogP contribution in [0, 0.1) is 0 Å². The SMILES string of the molecule is C=C/C(=C\c1nc(NC2CCN(S(C)(=O)=O)CC2)nn1C)c1cn[nH]c1. The van der Waals surface area contributed by atoms with Crippen LogP contribution in [0.3, 0.4) is 0 Å². The monoisotopic (exact) mass is 377 g/mol. The van der Waals surface area contributed by atoms with Crippen LogP contribution in [0.1, 0.15) is 24.2 Å². The summed E-state index contributed by atoms with van der Waals surface area (Å²) in [5.74, 6) is 1.23. The van der Waals surface area contributed by atoms with Gasteiger partial charge in [0.15, 0.2) is 5.82 Å². The maximum atomic E-state index is 11.6. The van der Waals surface area contributed by atoms with Crippen LogP contribution in [-0.4, -0.2) is 63.1 Å². The van der Waals surface area contributed by atoms with Crippen LogP contribution in [0.2, 0.25) is 0 Å². The molecule has 26 heavy (non-hydrogen) atoms. The van der Waals surface area contributed by atoms with Gasteiger partial charge in [-0.1, -0.05) is 12.7 Å². The maximum Gasteiger partial charge on any atom is 0.242 e. The van der Waals surface area contributed by atoms with Crippen molar-refractivity contribution in [3.63, 3.8) is 0 Å². The molecule has 0 amide bonds. The summed E-state index contributed by atoms with van der Waals surface area (Å²) < 4.78 is 26.4. The molecule has 0 radical (unpaired) electrons. The number of anilines is 1. The number of rotatable bonds is 6. The van der Waals surface area contributed by atoms with Gasteiger partial charge in [-0.15, -0.1) is 5.10 Å². The first-order chi connectivity index (χ1) is 12.4. The molecular weight excluding hydrogens is 354 g/mol. The number of nitrogens with one attached hydrogen (secondary N) is 2. The van der Waals surface area contributed by atoms with Crippen molar-refractivity contribution in [2.75, 3.05) is 24.7 Å². The smallest absolute Gasteiger partial charge is 0.242 e. The molecule has 9 nitrogen and oxygen atoms in total. The molecule has 0 spiro atoms. The van der Waals surface area contributed by atoms with Crippen molar-refractivity contribution >= 4 is 27.6 Å². The third-order valence-corrected chi connectivity index (χ3v) is 5.69. The van der Waals surface area contributed by atoms with Gasteiger partial charge < -0.3 is 5.32 Å².